The van der Waals surface area contributed by atoms with E-state index < -0.39 is 0 Å². The SMILES string of the molecule is Cc1cnc2c(n1)c1c(n2CCc2cccnc2)CCN2CCCC12. The Hall–Kier alpha value is -2.27. The van der Waals surface area contributed by atoms with Crippen LogP contribution in [0.3, 0.4) is 0 Å². The lowest BCUT2D eigenvalue weighted by molar-refractivity contribution is 0.241. The standard InChI is InChI=1S/C20H23N5/c1-14-12-22-20-19(23-14)18-16-5-3-9-24(16)10-7-17(18)25(20)11-6-15-4-2-8-21-13-15/h2,4,8,12-13,16H,3,5-7,9-11H2,1H3. The quantitative estimate of drug-likeness (QED) is 0.739. The Morgan fingerprint density at radius 3 is 3.08 bits per heavy atom. The number of pyridine rings is 1. The maximum atomic E-state index is 4.90. The summed E-state index contributed by atoms with van der Waals surface area (Å²) in [5, 5.41) is 0. The molecule has 5 heteroatoms. The summed E-state index contributed by atoms with van der Waals surface area (Å²) < 4.78 is 2.43. The molecule has 1 atom stereocenters. The summed E-state index contributed by atoms with van der Waals surface area (Å²) in [6.45, 7) is 5.38. The minimum Gasteiger partial charge on any atom is -0.328 e. The third kappa shape index (κ3) is 2.45. The highest BCUT2D eigenvalue weighted by molar-refractivity contribution is 5.79. The van der Waals surface area contributed by atoms with E-state index in [1.807, 2.05) is 31.6 Å². The molecule has 0 amide bonds. The van der Waals surface area contributed by atoms with Crippen LogP contribution in [0.4, 0.5) is 0 Å². The van der Waals surface area contributed by atoms with Crippen molar-refractivity contribution in [3.63, 3.8) is 0 Å². The molecule has 0 bridgehead atoms. The third-order valence-corrected chi connectivity index (χ3v) is 5.70. The Kier molecular flexibility index (Phi) is 3.55. The highest BCUT2D eigenvalue weighted by Gasteiger charge is 2.36. The van der Waals surface area contributed by atoms with E-state index in [-0.39, 0.29) is 0 Å². The summed E-state index contributed by atoms with van der Waals surface area (Å²) in [6.07, 6.45) is 10.3. The molecule has 0 N–H and O–H groups in total. The predicted octanol–water partition coefficient (Wildman–Crippen LogP) is 3.07. The Balaban J connectivity index is 1.61. The van der Waals surface area contributed by atoms with Crippen LogP contribution < -0.4 is 0 Å². The van der Waals surface area contributed by atoms with Crippen molar-refractivity contribution in [2.75, 3.05) is 13.1 Å². The average Bonchev–Trinajstić information content (AvgIpc) is 3.22. The van der Waals surface area contributed by atoms with Gasteiger partial charge in [-0.25, -0.2) is 9.97 Å². The topological polar surface area (TPSA) is 46.8 Å². The Labute approximate surface area is 147 Å². The van der Waals surface area contributed by atoms with Crippen molar-refractivity contribution in [2.45, 2.75) is 45.2 Å². The maximum Gasteiger partial charge on any atom is 0.159 e. The summed E-state index contributed by atoms with van der Waals surface area (Å²) in [6, 6.07) is 4.71. The molecule has 5 nitrogen and oxygen atoms in total. The average molecular weight is 333 g/mol. The molecule has 0 aromatic carbocycles. The first-order valence-electron chi connectivity index (χ1n) is 9.29. The molecule has 0 saturated carbocycles. The fourth-order valence-corrected chi connectivity index (χ4v) is 4.58. The van der Waals surface area contributed by atoms with E-state index in [2.05, 4.69) is 20.5 Å². The zero-order valence-corrected chi connectivity index (χ0v) is 14.6. The van der Waals surface area contributed by atoms with Crippen LogP contribution in [0.2, 0.25) is 0 Å². The Bertz CT molecular complexity index is 915. The van der Waals surface area contributed by atoms with E-state index in [4.69, 9.17) is 9.97 Å². The maximum absolute atomic E-state index is 4.90. The molecule has 0 radical (unpaired) electrons. The Morgan fingerprint density at radius 2 is 2.20 bits per heavy atom. The molecule has 0 aliphatic carbocycles. The summed E-state index contributed by atoms with van der Waals surface area (Å²) in [5.74, 6) is 0. The second-order valence-corrected chi connectivity index (χ2v) is 7.25. The second-order valence-electron chi connectivity index (χ2n) is 7.25. The number of rotatable bonds is 3. The van der Waals surface area contributed by atoms with Gasteiger partial charge in [0.1, 0.15) is 5.52 Å². The lowest BCUT2D eigenvalue weighted by Gasteiger charge is -2.30. The Morgan fingerprint density at radius 1 is 1.24 bits per heavy atom. The molecule has 128 valence electrons. The van der Waals surface area contributed by atoms with Crippen molar-refractivity contribution in [3.8, 4) is 0 Å². The van der Waals surface area contributed by atoms with Crippen molar-refractivity contribution in [2.24, 2.45) is 0 Å². The number of nitrogens with zero attached hydrogens (tertiary/aromatic N) is 5. The summed E-state index contributed by atoms with van der Waals surface area (Å²) in [4.78, 5) is 16.6. The zero-order chi connectivity index (χ0) is 16.8. The number of aromatic nitrogens is 4. The van der Waals surface area contributed by atoms with Gasteiger partial charge in [-0.3, -0.25) is 9.88 Å². The first-order chi connectivity index (χ1) is 12.3. The van der Waals surface area contributed by atoms with E-state index in [9.17, 15) is 0 Å². The van der Waals surface area contributed by atoms with Gasteiger partial charge in [0.25, 0.3) is 0 Å². The number of fused-ring (bicyclic) bond motifs is 5. The zero-order valence-electron chi connectivity index (χ0n) is 14.6. The van der Waals surface area contributed by atoms with Gasteiger partial charge in [-0.15, -0.1) is 0 Å². The van der Waals surface area contributed by atoms with E-state index in [1.165, 1.54) is 42.8 Å². The predicted molar refractivity (Wildman–Crippen MR) is 97.5 cm³/mol. The molecule has 5 rings (SSSR count). The highest BCUT2D eigenvalue weighted by Crippen LogP contribution is 2.41. The fraction of sp³-hybridized carbons (Fsp3) is 0.450. The van der Waals surface area contributed by atoms with Crippen molar-refractivity contribution >= 4 is 11.2 Å². The molecule has 1 unspecified atom stereocenters. The first-order valence-corrected chi connectivity index (χ1v) is 9.29. The largest absolute Gasteiger partial charge is 0.328 e. The van der Waals surface area contributed by atoms with Crippen LogP contribution in [-0.4, -0.2) is 37.5 Å². The molecule has 25 heavy (non-hydrogen) atoms. The van der Waals surface area contributed by atoms with Crippen molar-refractivity contribution in [3.05, 3.63) is 53.2 Å². The first kappa shape index (κ1) is 15.0. The molecular formula is C20H23N5. The van der Waals surface area contributed by atoms with Crippen molar-refractivity contribution < 1.29 is 0 Å². The van der Waals surface area contributed by atoms with Crippen LogP contribution in [0.25, 0.3) is 11.2 Å². The van der Waals surface area contributed by atoms with Crippen molar-refractivity contribution in [1.29, 1.82) is 0 Å². The molecule has 3 aromatic heterocycles. The summed E-state index contributed by atoms with van der Waals surface area (Å²) in [5.41, 5.74) is 7.41. The van der Waals surface area contributed by atoms with Crippen LogP contribution >= 0.6 is 0 Å². The number of hydrogen-bond acceptors (Lipinski definition) is 4. The smallest absolute Gasteiger partial charge is 0.159 e. The highest BCUT2D eigenvalue weighted by atomic mass is 15.2. The molecule has 1 fully saturated rings. The van der Waals surface area contributed by atoms with E-state index in [0.717, 1.165) is 36.2 Å². The van der Waals surface area contributed by atoms with Crippen molar-refractivity contribution in [1.82, 2.24) is 24.4 Å². The molecule has 3 aromatic rings. The van der Waals surface area contributed by atoms with E-state index in [1.54, 1.807) is 0 Å². The summed E-state index contributed by atoms with van der Waals surface area (Å²) >= 11 is 0. The van der Waals surface area contributed by atoms with Gasteiger partial charge in [-0.1, -0.05) is 6.07 Å². The molecule has 2 aliphatic rings. The second kappa shape index (κ2) is 5.92. The lowest BCUT2D eigenvalue weighted by atomic mass is 9.98. The van der Waals surface area contributed by atoms with Crippen LogP contribution in [0.5, 0.6) is 0 Å². The number of aryl methyl sites for hydroxylation is 3. The van der Waals surface area contributed by atoms with Gasteiger partial charge in [0.15, 0.2) is 5.65 Å². The van der Waals surface area contributed by atoms with Gasteiger partial charge >= 0.3 is 0 Å². The van der Waals surface area contributed by atoms with E-state index in [0.29, 0.717) is 6.04 Å². The van der Waals surface area contributed by atoms with Crippen LogP contribution in [0, 0.1) is 6.92 Å². The minimum absolute atomic E-state index is 0.544. The third-order valence-electron chi connectivity index (χ3n) is 5.70. The van der Waals surface area contributed by atoms with Gasteiger partial charge in [0.05, 0.1) is 11.9 Å². The molecule has 5 heterocycles. The summed E-state index contributed by atoms with van der Waals surface area (Å²) in [7, 11) is 0. The van der Waals surface area contributed by atoms with Gasteiger partial charge in [0, 0.05) is 49.2 Å². The van der Waals surface area contributed by atoms with Crippen LogP contribution in [-0.2, 0) is 19.4 Å². The normalized spacial score (nSPS) is 20.0. The molecular weight excluding hydrogens is 310 g/mol. The van der Waals surface area contributed by atoms with Gasteiger partial charge < -0.3 is 4.57 Å². The minimum atomic E-state index is 0.544. The van der Waals surface area contributed by atoms with Gasteiger partial charge in [-0.2, -0.15) is 0 Å². The van der Waals surface area contributed by atoms with Crippen LogP contribution in [0.15, 0.2) is 30.7 Å². The van der Waals surface area contributed by atoms with Gasteiger partial charge in [-0.05, 0) is 44.4 Å². The van der Waals surface area contributed by atoms with Gasteiger partial charge in [0.2, 0.25) is 0 Å². The molecule has 2 aliphatic heterocycles. The molecule has 1 saturated heterocycles. The van der Waals surface area contributed by atoms with Crippen LogP contribution in [0.1, 0.15) is 41.4 Å². The fourth-order valence-electron chi connectivity index (χ4n) is 4.58. The van der Waals surface area contributed by atoms with E-state index >= 15 is 0 Å². The monoisotopic (exact) mass is 333 g/mol. The number of hydrogen-bond donors (Lipinski definition) is 0. The molecule has 0 spiro atoms. The lowest BCUT2D eigenvalue weighted by Crippen LogP contribution is -2.31.